The lowest BCUT2D eigenvalue weighted by Crippen LogP contribution is -2.41. The van der Waals surface area contributed by atoms with Crippen molar-refractivity contribution in [3.05, 3.63) is 78.6 Å². The van der Waals surface area contributed by atoms with E-state index in [1.807, 2.05) is 6.07 Å². The van der Waals surface area contributed by atoms with E-state index < -0.39 is 22.5 Å². The molecular formula is C22H23N3O5S. The molecule has 1 heterocycles. The van der Waals surface area contributed by atoms with Gasteiger partial charge in [0.1, 0.15) is 18.0 Å². The highest BCUT2D eigenvalue weighted by Gasteiger charge is 2.29. The molecule has 0 saturated carbocycles. The molecule has 0 aliphatic rings. The van der Waals surface area contributed by atoms with E-state index in [2.05, 4.69) is 10.3 Å². The van der Waals surface area contributed by atoms with Crippen molar-refractivity contribution >= 4 is 21.6 Å². The van der Waals surface area contributed by atoms with Crippen LogP contribution in [0.1, 0.15) is 5.69 Å². The largest absolute Gasteiger partial charge is 0.497 e. The smallest absolute Gasteiger partial charge is 0.264 e. The van der Waals surface area contributed by atoms with E-state index in [4.69, 9.17) is 9.47 Å². The van der Waals surface area contributed by atoms with Gasteiger partial charge in [0.2, 0.25) is 5.91 Å². The van der Waals surface area contributed by atoms with Gasteiger partial charge in [0, 0.05) is 12.3 Å². The van der Waals surface area contributed by atoms with Gasteiger partial charge in [0.15, 0.2) is 0 Å². The third-order valence-corrected chi connectivity index (χ3v) is 6.24. The van der Waals surface area contributed by atoms with Gasteiger partial charge in [-0.25, -0.2) is 8.42 Å². The van der Waals surface area contributed by atoms with Crippen LogP contribution in [0.3, 0.4) is 0 Å². The van der Waals surface area contributed by atoms with Gasteiger partial charge in [-0.05, 0) is 36.4 Å². The molecule has 162 valence electrons. The van der Waals surface area contributed by atoms with E-state index in [1.54, 1.807) is 54.7 Å². The summed E-state index contributed by atoms with van der Waals surface area (Å²) in [6.45, 7) is -0.259. The monoisotopic (exact) mass is 441 g/mol. The minimum atomic E-state index is -4.05. The number of aromatic nitrogens is 1. The number of nitrogens with zero attached hydrogens (tertiary/aromatic N) is 2. The van der Waals surface area contributed by atoms with Gasteiger partial charge in [-0.3, -0.25) is 14.1 Å². The molecule has 0 atom stereocenters. The number of methoxy groups -OCH3 is 2. The molecule has 3 aromatic rings. The van der Waals surface area contributed by atoms with E-state index >= 15 is 0 Å². The van der Waals surface area contributed by atoms with Crippen molar-refractivity contribution in [3.8, 4) is 11.5 Å². The lowest BCUT2D eigenvalue weighted by atomic mass is 10.2. The molecule has 0 saturated heterocycles. The van der Waals surface area contributed by atoms with Crippen molar-refractivity contribution in [1.82, 2.24) is 10.3 Å². The molecule has 1 N–H and O–H groups in total. The number of ether oxygens (including phenoxy) is 2. The van der Waals surface area contributed by atoms with Crippen molar-refractivity contribution in [2.24, 2.45) is 0 Å². The second kappa shape index (κ2) is 9.94. The van der Waals surface area contributed by atoms with Crippen molar-refractivity contribution in [2.45, 2.75) is 11.4 Å². The number of carbonyl (C=O) groups excluding carboxylic acids is 1. The van der Waals surface area contributed by atoms with Crippen molar-refractivity contribution in [2.75, 3.05) is 25.1 Å². The Balaban J connectivity index is 1.94. The van der Waals surface area contributed by atoms with Crippen molar-refractivity contribution in [3.63, 3.8) is 0 Å². The minimum absolute atomic E-state index is 0.0606. The number of nitrogens with one attached hydrogen (secondary N) is 1. The average Bonchev–Trinajstić information content (AvgIpc) is 2.82. The summed E-state index contributed by atoms with van der Waals surface area (Å²) in [5, 5.41) is 2.71. The topological polar surface area (TPSA) is 97.8 Å². The first-order valence-electron chi connectivity index (χ1n) is 9.42. The summed E-state index contributed by atoms with van der Waals surface area (Å²) < 4.78 is 38.4. The lowest BCUT2D eigenvalue weighted by Gasteiger charge is -2.26. The Bertz CT molecular complexity index is 1120. The van der Waals surface area contributed by atoms with Crippen LogP contribution in [0, 0.1) is 0 Å². The molecule has 1 aromatic heterocycles. The molecule has 0 bridgehead atoms. The summed E-state index contributed by atoms with van der Waals surface area (Å²) >= 11 is 0. The molecule has 0 aliphatic heterocycles. The highest BCUT2D eigenvalue weighted by atomic mass is 32.2. The number of hydrogen-bond acceptors (Lipinski definition) is 6. The first kappa shape index (κ1) is 22.1. The van der Waals surface area contributed by atoms with E-state index in [-0.39, 0.29) is 22.9 Å². The number of carbonyl (C=O) groups is 1. The number of pyridine rings is 1. The fourth-order valence-electron chi connectivity index (χ4n) is 2.89. The maximum Gasteiger partial charge on any atom is 0.264 e. The second-order valence-corrected chi connectivity index (χ2v) is 8.32. The summed E-state index contributed by atoms with van der Waals surface area (Å²) in [7, 11) is -1.13. The van der Waals surface area contributed by atoms with Crippen LogP contribution in [-0.2, 0) is 21.4 Å². The number of anilines is 1. The average molecular weight is 442 g/mol. The van der Waals surface area contributed by atoms with Gasteiger partial charge >= 0.3 is 0 Å². The summed E-state index contributed by atoms with van der Waals surface area (Å²) in [4.78, 5) is 16.9. The number of rotatable bonds is 9. The van der Waals surface area contributed by atoms with Crippen LogP contribution in [0.2, 0.25) is 0 Å². The Morgan fingerprint density at radius 1 is 1.00 bits per heavy atom. The van der Waals surface area contributed by atoms with E-state index in [1.165, 1.54) is 26.4 Å². The maximum absolute atomic E-state index is 13.4. The third-order valence-electron chi connectivity index (χ3n) is 4.47. The third kappa shape index (κ3) is 5.32. The van der Waals surface area contributed by atoms with Gasteiger partial charge in [-0.1, -0.05) is 24.3 Å². The van der Waals surface area contributed by atoms with E-state index in [0.29, 0.717) is 11.4 Å². The summed E-state index contributed by atoms with van der Waals surface area (Å²) in [6, 6.07) is 18.0. The fraction of sp³-hybridized carbons (Fsp3) is 0.182. The first-order valence-corrected chi connectivity index (χ1v) is 10.9. The molecule has 0 aliphatic carbocycles. The minimum Gasteiger partial charge on any atom is -0.497 e. The van der Waals surface area contributed by atoms with E-state index in [9.17, 15) is 13.2 Å². The Kier molecular flexibility index (Phi) is 7.09. The Morgan fingerprint density at radius 3 is 2.39 bits per heavy atom. The molecule has 2 aromatic carbocycles. The molecule has 8 nitrogen and oxygen atoms in total. The Hall–Kier alpha value is -3.59. The summed E-state index contributed by atoms with van der Waals surface area (Å²) in [5.41, 5.74) is 0.885. The van der Waals surface area contributed by atoms with Crippen LogP contribution in [0.25, 0.3) is 0 Å². The molecule has 31 heavy (non-hydrogen) atoms. The summed E-state index contributed by atoms with van der Waals surface area (Å²) in [6.07, 6.45) is 1.62. The van der Waals surface area contributed by atoms with Crippen LogP contribution in [0.15, 0.2) is 77.8 Å². The SMILES string of the molecule is COc1ccc(N(CC(=O)NCc2ccccn2)S(=O)(=O)c2ccccc2)c(OC)c1. The van der Waals surface area contributed by atoms with Crippen molar-refractivity contribution < 1.29 is 22.7 Å². The number of hydrogen-bond donors (Lipinski definition) is 1. The molecule has 1 amide bonds. The van der Waals surface area contributed by atoms with Gasteiger partial charge < -0.3 is 14.8 Å². The molecule has 0 radical (unpaired) electrons. The van der Waals surface area contributed by atoms with Gasteiger partial charge in [0.05, 0.1) is 37.0 Å². The lowest BCUT2D eigenvalue weighted by molar-refractivity contribution is -0.119. The van der Waals surface area contributed by atoms with Gasteiger partial charge in [0.25, 0.3) is 10.0 Å². The van der Waals surface area contributed by atoms with Gasteiger partial charge in [-0.15, -0.1) is 0 Å². The molecule has 0 spiro atoms. The van der Waals surface area contributed by atoms with Crippen LogP contribution >= 0.6 is 0 Å². The predicted octanol–water partition coefficient (Wildman–Crippen LogP) is 2.61. The summed E-state index contributed by atoms with van der Waals surface area (Å²) in [5.74, 6) is 0.275. The zero-order chi connectivity index (χ0) is 22.3. The Labute approximate surface area is 181 Å². The van der Waals surface area contributed by atoms with Crippen LogP contribution in [0.4, 0.5) is 5.69 Å². The molecule has 9 heteroatoms. The van der Waals surface area contributed by atoms with Crippen LogP contribution in [-0.4, -0.2) is 40.1 Å². The normalized spacial score (nSPS) is 10.9. The quantitative estimate of drug-likeness (QED) is 0.548. The predicted molar refractivity (Wildman–Crippen MR) is 117 cm³/mol. The van der Waals surface area contributed by atoms with E-state index in [0.717, 1.165) is 4.31 Å². The molecule has 0 fully saturated rings. The molecule has 3 rings (SSSR count). The standard InChI is InChI=1S/C22H23N3O5S/c1-29-18-11-12-20(21(14-18)30-2)25(31(27,28)19-9-4-3-5-10-19)16-22(26)24-15-17-8-6-7-13-23-17/h3-14H,15-16H2,1-2H3,(H,24,26). The highest BCUT2D eigenvalue weighted by Crippen LogP contribution is 2.35. The fourth-order valence-corrected chi connectivity index (χ4v) is 4.34. The highest BCUT2D eigenvalue weighted by molar-refractivity contribution is 7.92. The first-order chi connectivity index (χ1) is 15.0. The number of sulfonamides is 1. The number of benzene rings is 2. The van der Waals surface area contributed by atoms with Crippen LogP contribution in [0.5, 0.6) is 11.5 Å². The number of amides is 1. The van der Waals surface area contributed by atoms with Crippen molar-refractivity contribution in [1.29, 1.82) is 0 Å². The zero-order valence-corrected chi connectivity index (χ0v) is 18.0. The van der Waals surface area contributed by atoms with Gasteiger partial charge in [-0.2, -0.15) is 0 Å². The molecular weight excluding hydrogens is 418 g/mol. The van der Waals surface area contributed by atoms with Crippen LogP contribution < -0.4 is 19.1 Å². The second-order valence-electron chi connectivity index (χ2n) is 6.46. The molecule has 0 unspecified atom stereocenters. The Morgan fingerprint density at radius 2 is 1.74 bits per heavy atom. The maximum atomic E-state index is 13.4. The zero-order valence-electron chi connectivity index (χ0n) is 17.2.